The third kappa shape index (κ3) is 2.96. The molecule has 0 spiro atoms. The zero-order valence-electron chi connectivity index (χ0n) is 10.3. The number of rotatable bonds is 5. The van der Waals surface area contributed by atoms with Crippen molar-refractivity contribution in [3.63, 3.8) is 0 Å². The van der Waals surface area contributed by atoms with E-state index in [-0.39, 0.29) is 10.6 Å². The molecule has 1 aromatic rings. The van der Waals surface area contributed by atoms with E-state index in [9.17, 15) is 8.42 Å². The Morgan fingerprint density at radius 1 is 1.41 bits per heavy atom. The molecule has 0 unspecified atom stereocenters. The van der Waals surface area contributed by atoms with Gasteiger partial charge in [-0.2, -0.15) is 4.31 Å². The predicted molar refractivity (Wildman–Crippen MR) is 67.3 cm³/mol. The van der Waals surface area contributed by atoms with E-state index in [0.717, 1.165) is 0 Å². The molecular formula is C11H18N2O3S. The van der Waals surface area contributed by atoms with Gasteiger partial charge in [0, 0.05) is 20.7 Å². The van der Waals surface area contributed by atoms with Crippen molar-refractivity contribution in [2.45, 2.75) is 11.8 Å². The van der Waals surface area contributed by atoms with Crippen molar-refractivity contribution in [1.82, 2.24) is 4.31 Å². The molecule has 0 saturated heterocycles. The summed E-state index contributed by atoms with van der Waals surface area (Å²) in [7, 11) is -0.500. The van der Waals surface area contributed by atoms with Gasteiger partial charge in [0.1, 0.15) is 4.90 Å². The number of hydrogen-bond acceptors (Lipinski definition) is 4. The van der Waals surface area contributed by atoms with Gasteiger partial charge in [0.25, 0.3) is 0 Å². The minimum Gasteiger partial charge on any atom is -0.398 e. The SMILES string of the molecule is COCCN(C)S(=O)(=O)c1c(C)cccc1N. The number of anilines is 1. The average molecular weight is 258 g/mol. The van der Waals surface area contributed by atoms with Crippen molar-refractivity contribution in [1.29, 1.82) is 0 Å². The molecule has 0 aliphatic carbocycles. The highest BCUT2D eigenvalue weighted by molar-refractivity contribution is 7.89. The molecule has 0 atom stereocenters. The zero-order valence-corrected chi connectivity index (χ0v) is 11.1. The number of methoxy groups -OCH3 is 1. The van der Waals surface area contributed by atoms with Gasteiger partial charge in [0.05, 0.1) is 12.3 Å². The summed E-state index contributed by atoms with van der Waals surface area (Å²) in [5, 5.41) is 0. The molecule has 0 radical (unpaired) electrons. The number of benzene rings is 1. The average Bonchev–Trinajstić information content (AvgIpc) is 2.25. The van der Waals surface area contributed by atoms with Crippen LogP contribution in [0.4, 0.5) is 5.69 Å². The summed E-state index contributed by atoms with van der Waals surface area (Å²) in [6, 6.07) is 5.05. The highest BCUT2D eigenvalue weighted by Crippen LogP contribution is 2.24. The van der Waals surface area contributed by atoms with E-state index in [1.54, 1.807) is 25.1 Å². The van der Waals surface area contributed by atoms with Gasteiger partial charge in [0.15, 0.2) is 0 Å². The zero-order chi connectivity index (χ0) is 13.1. The molecule has 0 aliphatic rings. The second-order valence-corrected chi connectivity index (χ2v) is 5.79. The topological polar surface area (TPSA) is 72.6 Å². The summed E-state index contributed by atoms with van der Waals surface area (Å²) < 4.78 is 30.7. The third-order valence-electron chi connectivity index (χ3n) is 2.52. The van der Waals surface area contributed by atoms with Gasteiger partial charge in [-0.1, -0.05) is 12.1 Å². The Morgan fingerprint density at radius 3 is 2.59 bits per heavy atom. The number of likely N-dealkylation sites (N-methyl/N-ethyl adjacent to an activating group) is 1. The van der Waals surface area contributed by atoms with Crippen molar-refractivity contribution in [2.75, 3.05) is 33.0 Å². The van der Waals surface area contributed by atoms with Crippen LogP contribution in [0.1, 0.15) is 5.56 Å². The number of nitrogen functional groups attached to an aromatic ring is 1. The molecule has 6 heteroatoms. The Kier molecular flexibility index (Phi) is 4.50. The van der Waals surface area contributed by atoms with Crippen LogP contribution in [0, 0.1) is 6.92 Å². The fraction of sp³-hybridized carbons (Fsp3) is 0.455. The van der Waals surface area contributed by atoms with Crippen molar-refractivity contribution in [2.24, 2.45) is 0 Å². The largest absolute Gasteiger partial charge is 0.398 e. The minimum absolute atomic E-state index is 0.179. The molecule has 0 bridgehead atoms. The highest BCUT2D eigenvalue weighted by Gasteiger charge is 2.24. The monoisotopic (exact) mass is 258 g/mol. The van der Waals surface area contributed by atoms with Crippen LogP contribution in [-0.2, 0) is 14.8 Å². The lowest BCUT2D eigenvalue weighted by atomic mass is 10.2. The molecular weight excluding hydrogens is 240 g/mol. The standard InChI is InChI=1S/C11H18N2O3S/c1-9-5-4-6-10(12)11(9)17(14,15)13(2)7-8-16-3/h4-6H,7-8,12H2,1-3H3. The Bertz CT molecular complexity index is 465. The second kappa shape index (κ2) is 5.48. The molecule has 0 aliphatic heterocycles. The van der Waals surface area contributed by atoms with E-state index in [2.05, 4.69) is 0 Å². The molecule has 1 rings (SSSR count). The minimum atomic E-state index is -3.54. The van der Waals surface area contributed by atoms with Crippen LogP contribution in [0.25, 0.3) is 0 Å². The van der Waals surface area contributed by atoms with Crippen LogP contribution >= 0.6 is 0 Å². The fourth-order valence-corrected chi connectivity index (χ4v) is 2.99. The van der Waals surface area contributed by atoms with Gasteiger partial charge in [-0.05, 0) is 18.6 Å². The van der Waals surface area contributed by atoms with Gasteiger partial charge in [-0.25, -0.2) is 8.42 Å². The Balaban J connectivity index is 3.13. The van der Waals surface area contributed by atoms with Gasteiger partial charge in [-0.3, -0.25) is 0 Å². The van der Waals surface area contributed by atoms with Crippen molar-refractivity contribution < 1.29 is 13.2 Å². The Morgan fingerprint density at radius 2 is 2.06 bits per heavy atom. The first-order valence-electron chi connectivity index (χ1n) is 5.21. The second-order valence-electron chi connectivity index (χ2n) is 3.81. The molecule has 0 fully saturated rings. The molecule has 1 aromatic carbocycles. The lowest BCUT2D eigenvalue weighted by Crippen LogP contribution is -2.31. The molecule has 0 aromatic heterocycles. The maximum absolute atomic E-state index is 12.3. The molecule has 0 amide bonds. The third-order valence-corrected chi connectivity index (χ3v) is 4.60. The Hall–Kier alpha value is -1.11. The van der Waals surface area contributed by atoms with Gasteiger partial charge in [0.2, 0.25) is 10.0 Å². The summed E-state index contributed by atoms with van der Waals surface area (Å²) in [5.74, 6) is 0. The van der Waals surface area contributed by atoms with Crippen LogP contribution in [0.3, 0.4) is 0 Å². The van der Waals surface area contributed by atoms with Crippen LogP contribution < -0.4 is 5.73 Å². The van der Waals surface area contributed by atoms with Gasteiger partial charge < -0.3 is 10.5 Å². The van der Waals surface area contributed by atoms with Crippen molar-refractivity contribution >= 4 is 15.7 Å². The van der Waals surface area contributed by atoms with Crippen LogP contribution in [0.5, 0.6) is 0 Å². The smallest absolute Gasteiger partial charge is 0.245 e. The number of nitrogens with zero attached hydrogens (tertiary/aromatic N) is 1. The number of sulfonamides is 1. The summed E-state index contributed by atoms with van der Waals surface area (Å²) >= 11 is 0. The van der Waals surface area contributed by atoms with E-state index >= 15 is 0 Å². The van der Waals surface area contributed by atoms with E-state index in [1.165, 1.54) is 18.5 Å². The maximum Gasteiger partial charge on any atom is 0.245 e. The van der Waals surface area contributed by atoms with E-state index < -0.39 is 10.0 Å². The first-order chi connectivity index (χ1) is 7.91. The van der Waals surface area contributed by atoms with E-state index in [1.807, 2.05) is 0 Å². The van der Waals surface area contributed by atoms with Crippen molar-refractivity contribution in [3.8, 4) is 0 Å². The van der Waals surface area contributed by atoms with Crippen LogP contribution in [0.2, 0.25) is 0 Å². The first kappa shape index (κ1) is 14.0. The summed E-state index contributed by atoms with van der Waals surface area (Å²) in [6.07, 6.45) is 0. The number of nitrogens with two attached hydrogens (primary N) is 1. The van der Waals surface area contributed by atoms with Crippen molar-refractivity contribution in [3.05, 3.63) is 23.8 Å². The molecule has 17 heavy (non-hydrogen) atoms. The summed E-state index contributed by atoms with van der Waals surface area (Å²) in [5.41, 5.74) is 6.66. The number of hydrogen-bond donors (Lipinski definition) is 1. The highest BCUT2D eigenvalue weighted by atomic mass is 32.2. The maximum atomic E-state index is 12.3. The molecule has 5 nitrogen and oxygen atoms in total. The fourth-order valence-electron chi connectivity index (χ4n) is 1.52. The molecule has 2 N–H and O–H groups in total. The van der Waals surface area contributed by atoms with E-state index in [4.69, 9.17) is 10.5 Å². The van der Waals surface area contributed by atoms with Crippen LogP contribution in [0.15, 0.2) is 23.1 Å². The lowest BCUT2D eigenvalue weighted by molar-refractivity contribution is 0.185. The lowest BCUT2D eigenvalue weighted by Gasteiger charge is -2.19. The summed E-state index contributed by atoms with van der Waals surface area (Å²) in [6.45, 7) is 2.38. The quantitative estimate of drug-likeness (QED) is 0.794. The molecule has 96 valence electrons. The number of aryl methyl sites for hydroxylation is 1. The van der Waals surface area contributed by atoms with Crippen LogP contribution in [-0.4, -0.2) is 40.0 Å². The predicted octanol–water partition coefficient (Wildman–Crippen LogP) is 0.844. The van der Waals surface area contributed by atoms with Gasteiger partial charge in [-0.15, -0.1) is 0 Å². The normalized spacial score (nSPS) is 12.0. The molecule has 0 saturated carbocycles. The molecule has 0 heterocycles. The summed E-state index contributed by atoms with van der Waals surface area (Å²) in [4.78, 5) is 0.179. The van der Waals surface area contributed by atoms with E-state index in [0.29, 0.717) is 18.7 Å². The number of ether oxygens (including phenoxy) is 1. The first-order valence-corrected chi connectivity index (χ1v) is 6.65. The Labute approximate surface area is 102 Å². The van der Waals surface area contributed by atoms with Gasteiger partial charge >= 0.3 is 0 Å².